The smallest absolute Gasteiger partial charge is 0.315 e. The summed E-state index contributed by atoms with van der Waals surface area (Å²) in [5.74, 6) is 0.0206. The Morgan fingerprint density at radius 2 is 1.69 bits per heavy atom. The van der Waals surface area contributed by atoms with Crippen molar-refractivity contribution in [1.29, 1.82) is 0 Å². The number of hydrogen-bond donors (Lipinski definition) is 2. The molecule has 4 heteroatoms. The second-order valence-corrected chi connectivity index (χ2v) is 3.73. The molecule has 0 fully saturated rings. The summed E-state index contributed by atoms with van der Waals surface area (Å²) in [6, 6.07) is 6.07. The first-order chi connectivity index (χ1) is 7.66. The zero-order valence-corrected chi connectivity index (χ0v) is 8.23. The summed E-state index contributed by atoms with van der Waals surface area (Å²) in [5.41, 5.74) is 0.759. The van der Waals surface area contributed by atoms with Crippen LogP contribution < -0.4 is 4.74 Å². The highest BCUT2D eigenvalue weighted by molar-refractivity contribution is 6.03. The van der Waals surface area contributed by atoms with Gasteiger partial charge in [0.15, 0.2) is 0 Å². The number of benzene rings is 2. The topological polar surface area (TPSA) is 66.8 Å². The molecule has 1 aliphatic heterocycles. The maximum atomic E-state index is 11.3. The van der Waals surface area contributed by atoms with Crippen molar-refractivity contribution >= 4 is 16.7 Å². The zero-order valence-electron chi connectivity index (χ0n) is 8.23. The van der Waals surface area contributed by atoms with Crippen molar-refractivity contribution < 1.29 is 19.7 Å². The molecule has 2 N–H and O–H groups in total. The summed E-state index contributed by atoms with van der Waals surface area (Å²) in [6.07, 6.45) is 0.160. The predicted octanol–water partition coefficient (Wildman–Crippen LogP) is 1.71. The van der Waals surface area contributed by atoms with E-state index in [2.05, 4.69) is 0 Å². The number of carbonyl (C=O) groups excluding carboxylic acids is 1. The fraction of sp³-hybridized carbons (Fsp3) is 0.0833. The van der Waals surface area contributed by atoms with Gasteiger partial charge >= 0.3 is 5.97 Å². The lowest BCUT2D eigenvalue weighted by molar-refractivity contribution is -0.133. The van der Waals surface area contributed by atoms with Crippen LogP contribution in [0.1, 0.15) is 5.56 Å². The molecule has 0 spiro atoms. The molecule has 16 heavy (non-hydrogen) atoms. The Morgan fingerprint density at radius 1 is 1.00 bits per heavy atom. The molecule has 0 saturated heterocycles. The second-order valence-electron chi connectivity index (χ2n) is 3.73. The number of phenols is 2. The Hall–Kier alpha value is -2.23. The molecule has 1 aliphatic rings. The second kappa shape index (κ2) is 2.88. The number of rotatable bonds is 0. The molecule has 0 atom stereocenters. The summed E-state index contributed by atoms with van der Waals surface area (Å²) >= 11 is 0. The summed E-state index contributed by atoms with van der Waals surface area (Å²) < 4.78 is 5.05. The van der Waals surface area contributed by atoms with Gasteiger partial charge in [-0.05, 0) is 23.8 Å². The highest BCUT2D eigenvalue weighted by Gasteiger charge is 2.22. The Morgan fingerprint density at radius 3 is 2.44 bits per heavy atom. The first-order valence-corrected chi connectivity index (χ1v) is 4.84. The number of phenolic OH excluding ortho intramolecular Hbond substituents is 2. The molecule has 0 radical (unpaired) electrons. The lowest BCUT2D eigenvalue weighted by atomic mass is 9.98. The molecular weight excluding hydrogens is 208 g/mol. The van der Waals surface area contributed by atoms with Crippen LogP contribution in [0.5, 0.6) is 17.2 Å². The molecule has 0 amide bonds. The van der Waals surface area contributed by atoms with E-state index >= 15 is 0 Å². The Bertz CT molecular complexity index is 567. The van der Waals surface area contributed by atoms with E-state index in [1.54, 1.807) is 6.07 Å². The Labute approximate surface area is 90.7 Å². The number of aromatic hydroxyl groups is 2. The minimum absolute atomic E-state index is 0.0175. The van der Waals surface area contributed by atoms with Crippen LogP contribution >= 0.6 is 0 Å². The first kappa shape index (κ1) is 9.03. The molecular formula is C12H8O4. The number of carbonyl (C=O) groups is 1. The van der Waals surface area contributed by atoms with Gasteiger partial charge in [-0.15, -0.1) is 0 Å². The molecule has 0 saturated carbocycles. The van der Waals surface area contributed by atoms with Crippen molar-refractivity contribution in [2.45, 2.75) is 6.42 Å². The van der Waals surface area contributed by atoms with E-state index in [1.807, 2.05) is 0 Å². The summed E-state index contributed by atoms with van der Waals surface area (Å²) in [7, 11) is 0. The van der Waals surface area contributed by atoms with Gasteiger partial charge in [0.25, 0.3) is 0 Å². The average Bonchev–Trinajstić information content (AvgIpc) is 2.25. The molecule has 3 rings (SSSR count). The third kappa shape index (κ3) is 1.07. The molecule has 2 aromatic rings. The van der Waals surface area contributed by atoms with Gasteiger partial charge < -0.3 is 14.9 Å². The van der Waals surface area contributed by atoms with Crippen LogP contribution in [0.25, 0.3) is 10.8 Å². The minimum atomic E-state index is -0.329. The van der Waals surface area contributed by atoms with E-state index in [0.29, 0.717) is 16.5 Å². The molecule has 1 heterocycles. The van der Waals surface area contributed by atoms with Crippen LogP contribution in [0.3, 0.4) is 0 Å². The Balaban J connectivity index is 2.50. The third-order valence-electron chi connectivity index (χ3n) is 2.72. The van der Waals surface area contributed by atoms with Crippen LogP contribution in [-0.2, 0) is 11.2 Å². The minimum Gasteiger partial charge on any atom is -0.507 e. The van der Waals surface area contributed by atoms with Crippen molar-refractivity contribution in [3.05, 3.63) is 29.8 Å². The van der Waals surface area contributed by atoms with E-state index in [1.165, 1.54) is 18.2 Å². The van der Waals surface area contributed by atoms with Gasteiger partial charge in [-0.25, -0.2) is 0 Å². The number of ether oxygens (including phenoxy) is 1. The van der Waals surface area contributed by atoms with Crippen LogP contribution in [0.2, 0.25) is 0 Å². The number of esters is 1. The van der Waals surface area contributed by atoms with Crippen LogP contribution in [0.15, 0.2) is 24.3 Å². The van der Waals surface area contributed by atoms with E-state index < -0.39 is 0 Å². The highest BCUT2D eigenvalue weighted by atomic mass is 16.5. The van der Waals surface area contributed by atoms with Crippen LogP contribution in [-0.4, -0.2) is 16.2 Å². The average molecular weight is 216 g/mol. The maximum Gasteiger partial charge on any atom is 0.315 e. The van der Waals surface area contributed by atoms with E-state index in [-0.39, 0.29) is 23.9 Å². The lowest BCUT2D eigenvalue weighted by Gasteiger charge is -2.17. The fourth-order valence-corrected chi connectivity index (χ4v) is 2.04. The first-order valence-electron chi connectivity index (χ1n) is 4.84. The van der Waals surface area contributed by atoms with Gasteiger partial charge in [0.05, 0.1) is 11.8 Å². The SMILES string of the molecule is O=C1Cc2ccc(O)c3c(O)ccc(c23)O1. The largest absolute Gasteiger partial charge is 0.507 e. The molecule has 0 aliphatic carbocycles. The van der Waals surface area contributed by atoms with Crippen molar-refractivity contribution in [1.82, 2.24) is 0 Å². The molecule has 80 valence electrons. The van der Waals surface area contributed by atoms with Crippen molar-refractivity contribution in [3.63, 3.8) is 0 Å². The van der Waals surface area contributed by atoms with Gasteiger partial charge in [0.2, 0.25) is 0 Å². The lowest BCUT2D eigenvalue weighted by Crippen LogP contribution is -2.16. The monoisotopic (exact) mass is 216 g/mol. The van der Waals surface area contributed by atoms with E-state index in [9.17, 15) is 15.0 Å². The highest BCUT2D eigenvalue weighted by Crippen LogP contribution is 2.42. The standard InChI is InChI=1S/C12H8O4/c13-7-2-1-6-5-10(15)16-9-4-3-8(14)12(7)11(6)9/h1-4,13-14H,5H2. The van der Waals surface area contributed by atoms with E-state index in [0.717, 1.165) is 5.56 Å². The Kier molecular flexibility index (Phi) is 1.63. The predicted molar refractivity (Wildman–Crippen MR) is 56.6 cm³/mol. The molecule has 0 aromatic heterocycles. The van der Waals surface area contributed by atoms with Gasteiger partial charge in [-0.1, -0.05) is 6.07 Å². The third-order valence-corrected chi connectivity index (χ3v) is 2.72. The fourth-order valence-electron chi connectivity index (χ4n) is 2.04. The van der Waals surface area contributed by atoms with Crippen LogP contribution in [0, 0.1) is 0 Å². The van der Waals surface area contributed by atoms with Crippen molar-refractivity contribution in [3.8, 4) is 17.2 Å². The van der Waals surface area contributed by atoms with Gasteiger partial charge in [-0.2, -0.15) is 0 Å². The molecule has 0 bridgehead atoms. The van der Waals surface area contributed by atoms with Crippen molar-refractivity contribution in [2.24, 2.45) is 0 Å². The zero-order chi connectivity index (χ0) is 11.3. The van der Waals surface area contributed by atoms with Crippen molar-refractivity contribution in [2.75, 3.05) is 0 Å². The van der Waals surface area contributed by atoms with Gasteiger partial charge in [0, 0.05) is 5.39 Å². The maximum absolute atomic E-state index is 11.3. The summed E-state index contributed by atoms with van der Waals surface area (Å²) in [4.78, 5) is 11.3. The number of hydrogen-bond acceptors (Lipinski definition) is 4. The van der Waals surface area contributed by atoms with E-state index in [4.69, 9.17) is 4.74 Å². The molecule has 4 nitrogen and oxygen atoms in total. The summed E-state index contributed by atoms with van der Waals surface area (Å²) in [5, 5.41) is 20.3. The van der Waals surface area contributed by atoms with Gasteiger partial charge in [0.1, 0.15) is 17.2 Å². The van der Waals surface area contributed by atoms with Gasteiger partial charge in [-0.3, -0.25) is 4.79 Å². The van der Waals surface area contributed by atoms with Crippen LogP contribution in [0.4, 0.5) is 0 Å². The quantitative estimate of drug-likeness (QED) is 0.519. The normalized spacial score (nSPS) is 13.9. The molecule has 0 unspecified atom stereocenters. The summed E-state index contributed by atoms with van der Waals surface area (Å²) in [6.45, 7) is 0. The molecule has 2 aromatic carbocycles.